The van der Waals surface area contributed by atoms with Gasteiger partial charge in [-0.3, -0.25) is 14.3 Å². The van der Waals surface area contributed by atoms with Gasteiger partial charge in [0.15, 0.2) is 0 Å². The Labute approximate surface area is 123 Å². The molecule has 0 spiro atoms. The number of aromatic amines is 1. The highest BCUT2D eigenvalue weighted by atomic mass is 35.5. The van der Waals surface area contributed by atoms with E-state index in [9.17, 15) is 9.59 Å². The van der Waals surface area contributed by atoms with E-state index in [1.54, 1.807) is 0 Å². The van der Waals surface area contributed by atoms with Gasteiger partial charge < -0.3 is 0 Å². The lowest BCUT2D eigenvalue weighted by Crippen LogP contribution is -2.39. The molecule has 20 heavy (non-hydrogen) atoms. The van der Waals surface area contributed by atoms with Crippen molar-refractivity contribution in [2.75, 3.05) is 0 Å². The van der Waals surface area contributed by atoms with Crippen LogP contribution in [-0.4, -0.2) is 9.55 Å². The average Bonchev–Trinajstić information content (AvgIpc) is 3.26. The summed E-state index contributed by atoms with van der Waals surface area (Å²) >= 11 is 6.00. The zero-order chi connectivity index (χ0) is 14.3. The first kappa shape index (κ1) is 13.9. The molecule has 0 aliphatic heterocycles. The van der Waals surface area contributed by atoms with Gasteiger partial charge in [-0.05, 0) is 49.9 Å². The molecular formula is C15H21ClN2O2. The second kappa shape index (κ2) is 5.40. The Hall–Kier alpha value is -1.03. The van der Waals surface area contributed by atoms with Gasteiger partial charge in [-0.25, -0.2) is 4.79 Å². The number of hydrogen-bond donors (Lipinski definition) is 1. The largest absolute Gasteiger partial charge is 0.329 e. The number of hydrogen-bond acceptors (Lipinski definition) is 2. The van der Waals surface area contributed by atoms with Crippen LogP contribution in [0, 0.1) is 17.8 Å². The summed E-state index contributed by atoms with van der Waals surface area (Å²) in [4.78, 5) is 27.2. The van der Waals surface area contributed by atoms with Crippen LogP contribution >= 0.6 is 11.6 Å². The molecule has 3 rings (SSSR count). The van der Waals surface area contributed by atoms with Gasteiger partial charge in [0.25, 0.3) is 5.56 Å². The third-order valence-corrected chi connectivity index (χ3v) is 4.90. The summed E-state index contributed by atoms with van der Waals surface area (Å²) in [5, 5.41) is 0.215. The monoisotopic (exact) mass is 296 g/mol. The van der Waals surface area contributed by atoms with Crippen molar-refractivity contribution in [2.24, 2.45) is 17.8 Å². The minimum absolute atomic E-state index is 0.188. The Morgan fingerprint density at radius 1 is 1.25 bits per heavy atom. The summed E-state index contributed by atoms with van der Waals surface area (Å²) in [6.07, 6.45) is 6.47. The maximum absolute atomic E-state index is 12.5. The van der Waals surface area contributed by atoms with Crippen LogP contribution in [0.3, 0.4) is 0 Å². The smallest absolute Gasteiger partial charge is 0.297 e. The molecule has 0 amide bonds. The van der Waals surface area contributed by atoms with E-state index in [-0.39, 0.29) is 16.4 Å². The lowest BCUT2D eigenvalue weighted by atomic mass is 9.98. The van der Waals surface area contributed by atoms with Gasteiger partial charge in [0, 0.05) is 6.54 Å². The van der Waals surface area contributed by atoms with Gasteiger partial charge in [0.05, 0.1) is 5.56 Å². The summed E-state index contributed by atoms with van der Waals surface area (Å²) in [5.41, 5.74) is 0.0113. The van der Waals surface area contributed by atoms with Crippen molar-refractivity contribution in [1.82, 2.24) is 9.55 Å². The summed E-state index contributed by atoms with van der Waals surface area (Å²) in [7, 11) is 0. The lowest BCUT2D eigenvalue weighted by molar-refractivity contribution is 0.337. The molecule has 0 unspecified atom stereocenters. The van der Waals surface area contributed by atoms with Crippen molar-refractivity contribution < 1.29 is 0 Å². The van der Waals surface area contributed by atoms with Gasteiger partial charge in [-0.15, -0.1) is 0 Å². The number of halogens is 1. The SMILES string of the molecule is CCCc1c(Cl)[nH]c(=O)n(CC(C2CC2)C2CC2)c1=O. The Morgan fingerprint density at radius 3 is 2.35 bits per heavy atom. The molecule has 0 saturated heterocycles. The van der Waals surface area contributed by atoms with E-state index in [0.717, 1.165) is 18.3 Å². The lowest BCUT2D eigenvalue weighted by Gasteiger charge is -2.17. The first-order chi connectivity index (χ1) is 9.61. The van der Waals surface area contributed by atoms with Crippen LogP contribution in [0.15, 0.2) is 9.59 Å². The van der Waals surface area contributed by atoms with E-state index in [1.165, 1.54) is 30.3 Å². The molecule has 0 bridgehead atoms. The van der Waals surface area contributed by atoms with Crippen molar-refractivity contribution >= 4 is 11.6 Å². The highest BCUT2D eigenvalue weighted by molar-refractivity contribution is 6.30. The van der Waals surface area contributed by atoms with Crippen LogP contribution in [0.2, 0.25) is 5.15 Å². The molecule has 2 aliphatic carbocycles. The molecule has 110 valence electrons. The normalized spacial score (nSPS) is 18.8. The minimum Gasteiger partial charge on any atom is -0.297 e. The molecule has 0 atom stereocenters. The molecular weight excluding hydrogens is 276 g/mol. The van der Waals surface area contributed by atoms with Gasteiger partial charge in [-0.1, -0.05) is 24.9 Å². The standard InChI is InChI=1S/C15H21ClN2O2/c1-2-3-11-13(16)17-15(20)18(14(11)19)8-12(9-4-5-9)10-6-7-10/h9-10,12H,2-8H2,1H3,(H,17,20). The summed E-state index contributed by atoms with van der Waals surface area (Å²) in [6, 6.07) is 0. The van der Waals surface area contributed by atoms with Crippen molar-refractivity contribution in [2.45, 2.75) is 52.0 Å². The van der Waals surface area contributed by atoms with E-state index in [2.05, 4.69) is 4.98 Å². The van der Waals surface area contributed by atoms with Crippen molar-refractivity contribution in [1.29, 1.82) is 0 Å². The number of nitrogens with zero attached hydrogens (tertiary/aromatic N) is 1. The summed E-state index contributed by atoms with van der Waals surface area (Å²) in [6.45, 7) is 2.57. The zero-order valence-electron chi connectivity index (χ0n) is 11.8. The van der Waals surface area contributed by atoms with Crippen LogP contribution in [0.5, 0.6) is 0 Å². The molecule has 5 heteroatoms. The topological polar surface area (TPSA) is 54.9 Å². The minimum atomic E-state index is -0.355. The second-order valence-electron chi connectivity index (χ2n) is 6.23. The van der Waals surface area contributed by atoms with E-state index in [1.807, 2.05) is 6.92 Å². The van der Waals surface area contributed by atoms with Crippen LogP contribution in [-0.2, 0) is 13.0 Å². The highest BCUT2D eigenvalue weighted by Crippen LogP contribution is 2.49. The van der Waals surface area contributed by atoms with Crippen LogP contribution < -0.4 is 11.2 Å². The van der Waals surface area contributed by atoms with Gasteiger partial charge in [0.1, 0.15) is 5.15 Å². The van der Waals surface area contributed by atoms with Gasteiger partial charge in [0.2, 0.25) is 0 Å². The third-order valence-electron chi connectivity index (χ3n) is 4.58. The van der Waals surface area contributed by atoms with Crippen molar-refractivity contribution in [3.63, 3.8) is 0 Å². The first-order valence-electron chi connectivity index (χ1n) is 7.63. The predicted octanol–water partition coefficient (Wildman–Crippen LogP) is 2.58. The number of H-pyrrole nitrogens is 1. The fraction of sp³-hybridized carbons (Fsp3) is 0.733. The quantitative estimate of drug-likeness (QED) is 0.820. The molecule has 2 aliphatic rings. The molecule has 1 N–H and O–H groups in total. The molecule has 0 radical (unpaired) electrons. The van der Waals surface area contributed by atoms with Crippen molar-refractivity contribution in [3.8, 4) is 0 Å². The van der Waals surface area contributed by atoms with Crippen molar-refractivity contribution in [3.05, 3.63) is 31.6 Å². The Kier molecular flexibility index (Phi) is 3.76. The third kappa shape index (κ3) is 2.71. The van der Waals surface area contributed by atoms with Gasteiger partial charge in [-0.2, -0.15) is 0 Å². The van der Waals surface area contributed by atoms with E-state index < -0.39 is 0 Å². The van der Waals surface area contributed by atoms with Gasteiger partial charge >= 0.3 is 5.69 Å². The molecule has 2 saturated carbocycles. The molecule has 1 aromatic heterocycles. The number of rotatable bonds is 6. The fourth-order valence-electron chi connectivity index (χ4n) is 3.16. The van der Waals surface area contributed by atoms with Crippen LogP contribution in [0.25, 0.3) is 0 Å². The zero-order valence-corrected chi connectivity index (χ0v) is 12.6. The summed E-state index contributed by atoms with van der Waals surface area (Å²) in [5.74, 6) is 1.95. The number of nitrogens with one attached hydrogen (secondary N) is 1. The van der Waals surface area contributed by atoms with E-state index in [4.69, 9.17) is 11.6 Å². The second-order valence-corrected chi connectivity index (χ2v) is 6.61. The molecule has 1 aromatic rings. The first-order valence-corrected chi connectivity index (χ1v) is 8.01. The average molecular weight is 297 g/mol. The number of aromatic nitrogens is 2. The maximum atomic E-state index is 12.5. The van der Waals surface area contributed by atoms with Crippen LogP contribution in [0.4, 0.5) is 0 Å². The molecule has 0 aromatic carbocycles. The molecule has 4 nitrogen and oxygen atoms in total. The van der Waals surface area contributed by atoms with E-state index >= 15 is 0 Å². The summed E-state index contributed by atoms with van der Waals surface area (Å²) < 4.78 is 1.39. The Bertz CT molecular complexity index is 599. The van der Waals surface area contributed by atoms with E-state index in [0.29, 0.717) is 24.4 Å². The molecule has 2 fully saturated rings. The Morgan fingerprint density at radius 2 is 1.85 bits per heavy atom. The maximum Gasteiger partial charge on any atom is 0.329 e. The predicted molar refractivity (Wildman–Crippen MR) is 79.3 cm³/mol. The highest BCUT2D eigenvalue weighted by Gasteiger charge is 2.41. The molecule has 1 heterocycles. The van der Waals surface area contributed by atoms with Crippen LogP contribution in [0.1, 0.15) is 44.6 Å². The fourth-order valence-corrected chi connectivity index (χ4v) is 3.42. The Balaban J connectivity index is 1.93.